The zero-order valence-corrected chi connectivity index (χ0v) is 16.0. The van der Waals surface area contributed by atoms with Crippen molar-refractivity contribution in [3.05, 3.63) is 53.3 Å². The van der Waals surface area contributed by atoms with Gasteiger partial charge in [0.15, 0.2) is 11.5 Å². The summed E-state index contributed by atoms with van der Waals surface area (Å²) < 4.78 is 30.3. The number of ether oxygens (including phenoxy) is 3. The summed E-state index contributed by atoms with van der Waals surface area (Å²) in [6.45, 7) is 5.00. The Kier molecular flexibility index (Phi) is 6.45. The second-order valence-corrected chi connectivity index (χ2v) is 6.84. The third kappa shape index (κ3) is 5.60. The van der Waals surface area contributed by atoms with Crippen LogP contribution in [0.2, 0.25) is 0 Å². The molecule has 7 nitrogen and oxygen atoms in total. The van der Waals surface area contributed by atoms with Gasteiger partial charge in [-0.05, 0) is 51.1 Å². The molecule has 0 aliphatic heterocycles. The minimum Gasteiger partial charge on any atom is -0.493 e. The van der Waals surface area contributed by atoms with Gasteiger partial charge in [0, 0.05) is 5.56 Å². The van der Waals surface area contributed by atoms with Crippen LogP contribution >= 0.6 is 0 Å². The first-order valence-corrected chi connectivity index (χ1v) is 8.44. The highest BCUT2D eigenvalue weighted by Crippen LogP contribution is 2.34. The maximum Gasteiger partial charge on any atom is 0.407 e. The zero-order valence-electron chi connectivity index (χ0n) is 16.0. The van der Waals surface area contributed by atoms with Gasteiger partial charge in [0.2, 0.25) is 0 Å². The van der Waals surface area contributed by atoms with E-state index < -0.39 is 23.5 Å². The molecule has 0 aliphatic carbocycles. The molecule has 0 radical (unpaired) electrons. The van der Waals surface area contributed by atoms with E-state index in [2.05, 4.69) is 5.32 Å². The van der Waals surface area contributed by atoms with Crippen molar-refractivity contribution >= 4 is 12.1 Å². The number of halogens is 1. The summed E-state index contributed by atoms with van der Waals surface area (Å²) in [5.41, 5.74) is -0.550. The van der Waals surface area contributed by atoms with Gasteiger partial charge in [-0.25, -0.2) is 14.0 Å². The van der Waals surface area contributed by atoms with Gasteiger partial charge in [0.25, 0.3) is 0 Å². The standard InChI is InChI=1S/C20H22FNO6/c1-20(2,3)28-19(25)22-11-13-14(21)6-5-7-15(13)27-16-9-8-12(18(23)24)10-17(16)26-4/h5-10H,11H2,1-4H3,(H,22,25)(H,23,24). The van der Waals surface area contributed by atoms with E-state index >= 15 is 0 Å². The van der Waals surface area contributed by atoms with Crippen molar-refractivity contribution in [1.29, 1.82) is 0 Å². The van der Waals surface area contributed by atoms with Gasteiger partial charge in [-0.1, -0.05) is 6.07 Å². The molecule has 0 atom stereocenters. The molecule has 1 amide bonds. The van der Waals surface area contributed by atoms with Gasteiger partial charge >= 0.3 is 12.1 Å². The number of aromatic carboxylic acids is 1. The van der Waals surface area contributed by atoms with Crippen LogP contribution in [0.25, 0.3) is 0 Å². The SMILES string of the molecule is COc1cc(C(=O)O)ccc1Oc1cccc(F)c1CNC(=O)OC(C)(C)C. The maximum absolute atomic E-state index is 14.3. The lowest BCUT2D eigenvalue weighted by Gasteiger charge is -2.20. The van der Waals surface area contributed by atoms with E-state index in [1.54, 1.807) is 20.8 Å². The molecule has 2 aromatic carbocycles. The second-order valence-electron chi connectivity index (χ2n) is 6.84. The summed E-state index contributed by atoms with van der Waals surface area (Å²) in [7, 11) is 1.37. The number of carbonyl (C=O) groups is 2. The van der Waals surface area contributed by atoms with Gasteiger partial charge < -0.3 is 24.6 Å². The number of carboxylic acids is 1. The summed E-state index contributed by atoms with van der Waals surface area (Å²) >= 11 is 0. The molecule has 0 bridgehead atoms. The second kappa shape index (κ2) is 8.60. The average molecular weight is 391 g/mol. The Labute approximate surface area is 162 Å². The third-order valence-electron chi connectivity index (χ3n) is 3.51. The first-order valence-electron chi connectivity index (χ1n) is 8.44. The number of hydrogen-bond acceptors (Lipinski definition) is 5. The van der Waals surface area contributed by atoms with Crippen LogP contribution in [0, 0.1) is 5.82 Å². The Bertz CT molecular complexity index is 875. The fourth-order valence-corrected chi connectivity index (χ4v) is 2.28. The van der Waals surface area contributed by atoms with Crippen molar-refractivity contribution < 1.29 is 33.3 Å². The molecular weight excluding hydrogens is 369 g/mol. The summed E-state index contributed by atoms with van der Waals surface area (Å²) in [4.78, 5) is 22.9. The predicted molar refractivity (Wildman–Crippen MR) is 99.5 cm³/mol. The van der Waals surface area contributed by atoms with Gasteiger partial charge in [-0.2, -0.15) is 0 Å². The summed E-state index contributed by atoms with van der Waals surface area (Å²) in [5.74, 6) is -1.16. The predicted octanol–water partition coefficient (Wildman–Crippen LogP) is 4.35. The van der Waals surface area contributed by atoms with E-state index in [-0.39, 0.29) is 34.9 Å². The molecule has 2 N–H and O–H groups in total. The molecule has 0 spiro atoms. The van der Waals surface area contributed by atoms with Crippen LogP contribution in [0.1, 0.15) is 36.7 Å². The lowest BCUT2D eigenvalue weighted by atomic mass is 10.1. The fraction of sp³-hybridized carbons (Fsp3) is 0.300. The number of rotatable bonds is 6. The first-order chi connectivity index (χ1) is 13.1. The number of carbonyl (C=O) groups excluding carboxylic acids is 1. The Morgan fingerprint density at radius 2 is 1.82 bits per heavy atom. The molecule has 2 aromatic rings. The van der Waals surface area contributed by atoms with Gasteiger partial charge in [0.1, 0.15) is 17.2 Å². The first kappa shape index (κ1) is 21.0. The van der Waals surface area contributed by atoms with E-state index in [0.29, 0.717) is 0 Å². The number of amides is 1. The zero-order chi connectivity index (χ0) is 20.9. The molecule has 28 heavy (non-hydrogen) atoms. The molecule has 2 rings (SSSR count). The summed E-state index contributed by atoms with van der Waals surface area (Å²) in [6.07, 6.45) is -0.690. The topological polar surface area (TPSA) is 94.1 Å². The average Bonchev–Trinajstić information content (AvgIpc) is 2.59. The Hall–Kier alpha value is -3.29. The Balaban J connectivity index is 2.24. The van der Waals surface area contributed by atoms with E-state index in [4.69, 9.17) is 19.3 Å². The van der Waals surface area contributed by atoms with Gasteiger partial charge in [-0.15, -0.1) is 0 Å². The minimum absolute atomic E-state index is 0.0234. The highest BCUT2D eigenvalue weighted by atomic mass is 19.1. The van der Waals surface area contributed by atoms with Crippen LogP contribution in [-0.4, -0.2) is 29.9 Å². The quantitative estimate of drug-likeness (QED) is 0.760. The largest absolute Gasteiger partial charge is 0.493 e. The Morgan fingerprint density at radius 1 is 1.11 bits per heavy atom. The monoisotopic (exact) mass is 391 g/mol. The van der Waals surface area contributed by atoms with E-state index in [1.807, 2.05) is 0 Å². The van der Waals surface area contributed by atoms with Crippen molar-refractivity contribution in [3.8, 4) is 17.2 Å². The fourth-order valence-electron chi connectivity index (χ4n) is 2.28. The molecular formula is C20H22FNO6. The van der Waals surface area contributed by atoms with E-state index in [0.717, 1.165) is 0 Å². The molecule has 0 fully saturated rings. The van der Waals surface area contributed by atoms with Crippen LogP contribution in [0.4, 0.5) is 9.18 Å². The van der Waals surface area contributed by atoms with Crippen molar-refractivity contribution in [2.24, 2.45) is 0 Å². The molecule has 0 unspecified atom stereocenters. The number of benzene rings is 2. The summed E-state index contributed by atoms with van der Waals surface area (Å²) in [6, 6.07) is 8.29. The van der Waals surface area contributed by atoms with Crippen LogP contribution in [-0.2, 0) is 11.3 Å². The molecule has 0 aliphatic rings. The van der Waals surface area contributed by atoms with Crippen LogP contribution in [0.5, 0.6) is 17.2 Å². The Morgan fingerprint density at radius 3 is 2.43 bits per heavy atom. The van der Waals surface area contributed by atoms with E-state index in [9.17, 15) is 14.0 Å². The maximum atomic E-state index is 14.3. The van der Waals surface area contributed by atoms with Gasteiger partial charge in [0.05, 0.1) is 19.2 Å². The number of hydrogen-bond donors (Lipinski definition) is 2. The lowest BCUT2D eigenvalue weighted by molar-refractivity contribution is 0.0522. The molecule has 0 saturated heterocycles. The molecule has 150 valence electrons. The normalized spacial score (nSPS) is 10.9. The molecule has 8 heteroatoms. The number of nitrogens with one attached hydrogen (secondary N) is 1. The number of carboxylic acid groups (broad SMARTS) is 1. The van der Waals surface area contributed by atoms with Crippen molar-refractivity contribution in [2.75, 3.05) is 7.11 Å². The number of methoxy groups -OCH3 is 1. The molecule has 0 saturated carbocycles. The van der Waals surface area contributed by atoms with Gasteiger partial charge in [-0.3, -0.25) is 0 Å². The van der Waals surface area contributed by atoms with E-state index in [1.165, 1.54) is 43.5 Å². The van der Waals surface area contributed by atoms with Crippen molar-refractivity contribution in [2.45, 2.75) is 32.9 Å². The van der Waals surface area contributed by atoms with Crippen molar-refractivity contribution in [1.82, 2.24) is 5.32 Å². The highest BCUT2D eigenvalue weighted by molar-refractivity contribution is 5.88. The molecule has 0 aromatic heterocycles. The third-order valence-corrected chi connectivity index (χ3v) is 3.51. The van der Waals surface area contributed by atoms with Crippen molar-refractivity contribution in [3.63, 3.8) is 0 Å². The van der Waals surface area contributed by atoms with Crippen LogP contribution in [0.15, 0.2) is 36.4 Å². The smallest absolute Gasteiger partial charge is 0.407 e. The molecule has 0 heterocycles. The minimum atomic E-state index is -1.11. The number of alkyl carbamates (subject to hydrolysis) is 1. The van der Waals surface area contributed by atoms with Crippen LogP contribution in [0.3, 0.4) is 0 Å². The van der Waals surface area contributed by atoms with Crippen LogP contribution < -0.4 is 14.8 Å². The highest BCUT2D eigenvalue weighted by Gasteiger charge is 2.19. The summed E-state index contributed by atoms with van der Waals surface area (Å²) in [5, 5.41) is 11.6. The lowest BCUT2D eigenvalue weighted by Crippen LogP contribution is -2.32.